The Labute approximate surface area is 160 Å². The molecule has 2 aromatic carbocycles. The van der Waals surface area contributed by atoms with E-state index in [0.717, 1.165) is 28.5 Å². The maximum absolute atomic E-state index is 7.78. The second-order valence-electron chi connectivity index (χ2n) is 6.47. The molecule has 0 bridgehead atoms. The van der Waals surface area contributed by atoms with Crippen molar-refractivity contribution in [1.29, 1.82) is 5.41 Å². The van der Waals surface area contributed by atoms with Gasteiger partial charge in [-0.05, 0) is 50.3 Å². The summed E-state index contributed by atoms with van der Waals surface area (Å²) in [6.45, 7) is 5.09. The predicted molar refractivity (Wildman–Crippen MR) is 112 cm³/mol. The molecule has 0 amide bonds. The number of nitrogens with one attached hydrogen (secondary N) is 3. The molecule has 1 aromatic heterocycles. The number of nitrogens with zero attached hydrogens (tertiary/aromatic N) is 2. The van der Waals surface area contributed by atoms with Gasteiger partial charge in [-0.15, -0.1) is 0 Å². The lowest BCUT2D eigenvalue weighted by Crippen LogP contribution is -2.22. The van der Waals surface area contributed by atoms with Crippen LogP contribution < -0.4 is 10.6 Å². The zero-order valence-electron chi connectivity index (χ0n) is 15.7. The van der Waals surface area contributed by atoms with Crippen molar-refractivity contribution in [3.63, 3.8) is 0 Å². The van der Waals surface area contributed by atoms with Crippen molar-refractivity contribution in [2.75, 3.05) is 11.9 Å². The van der Waals surface area contributed by atoms with Gasteiger partial charge in [-0.25, -0.2) is 4.68 Å². The van der Waals surface area contributed by atoms with Crippen molar-refractivity contribution >= 4 is 11.4 Å². The van der Waals surface area contributed by atoms with Crippen LogP contribution in [0, 0.1) is 12.3 Å². The van der Waals surface area contributed by atoms with Gasteiger partial charge in [-0.3, -0.25) is 0 Å². The van der Waals surface area contributed by atoms with E-state index in [1.54, 1.807) is 6.92 Å². The van der Waals surface area contributed by atoms with Crippen molar-refractivity contribution in [1.82, 2.24) is 15.1 Å². The van der Waals surface area contributed by atoms with E-state index >= 15 is 0 Å². The third-order valence-electron chi connectivity index (χ3n) is 4.00. The Hall–Kier alpha value is -3.18. The molecule has 3 rings (SSSR count). The van der Waals surface area contributed by atoms with E-state index in [1.165, 1.54) is 0 Å². The molecule has 27 heavy (non-hydrogen) atoms. The van der Waals surface area contributed by atoms with Crippen molar-refractivity contribution in [2.24, 2.45) is 0 Å². The number of rotatable bonds is 8. The molecule has 1 heterocycles. The Morgan fingerprint density at radius 1 is 1.07 bits per heavy atom. The Balaban J connectivity index is 1.68. The summed E-state index contributed by atoms with van der Waals surface area (Å²) in [5, 5.41) is 19.2. The number of aryl methyl sites for hydroxylation is 1. The molecular formula is C22H25N5. The van der Waals surface area contributed by atoms with Crippen molar-refractivity contribution < 1.29 is 0 Å². The third-order valence-corrected chi connectivity index (χ3v) is 4.00. The van der Waals surface area contributed by atoms with Crippen LogP contribution in [0.15, 0.2) is 78.5 Å². The molecule has 0 aliphatic heterocycles. The first-order valence-corrected chi connectivity index (χ1v) is 9.01. The minimum absolute atomic E-state index is 0.514. The minimum atomic E-state index is 0.514. The first-order chi connectivity index (χ1) is 13.1. The first kappa shape index (κ1) is 18.6. The number of hydrogen-bond acceptors (Lipinski definition) is 4. The number of allylic oxidation sites excluding steroid dienone is 1. The Morgan fingerprint density at radius 2 is 1.74 bits per heavy atom. The topological polar surface area (TPSA) is 65.7 Å². The summed E-state index contributed by atoms with van der Waals surface area (Å²) < 4.78 is 1.97. The van der Waals surface area contributed by atoms with Gasteiger partial charge in [-0.1, -0.05) is 36.4 Å². The van der Waals surface area contributed by atoms with Gasteiger partial charge in [0.15, 0.2) is 0 Å². The van der Waals surface area contributed by atoms with Crippen molar-refractivity contribution in [2.45, 2.75) is 20.4 Å². The van der Waals surface area contributed by atoms with Crippen LogP contribution in [-0.2, 0) is 6.54 Å². The summed E-state index contributed by atoms with van der Waals surface area (Å²) in [5.74, 6) is 0. The molecule has 0 fully saturated rings. The van der Waals surface area contributed by atoms with Gasteiger partial charge in [0, 0.05) is 30.2 Å². The lowest BCUT2D eigenvalue weighted by Gasteiger charge is -2.13. The Kier molecular flexibility index (Phi) is 6.18. The molecule has 0 aliphatic carbocycles. The zero-order chi connectivity index (χ0) is 19.1. The maximum Gasteiger partial charge on any atom is 0.0649 e. The highest BCUT2D eigenvalue weighted by atomic mass is 15.3. The van der Waals surface area contributed by atoms with Crippen LogP contribution in [0.3, 0.4) is 0 Å². The van der Waals surface area contributed by atoms with Crippen LogP contribution in [0.1, 0.15) is 18.3 Å². The van der Waals surface area contributed by atoms with E-state index in [9.17, 15) is 0 Å². The predicted octanol–water partition coefficient (Wildman–Crippen LogP) is 4.31. The fourth-order valence-corrected chi connectivity index (χ4v) is 2.90. The van der Waals surface area contributed by atoms with Gasteiger partial charge >= 0.3 is 0 Å². The van der Waals surface area contributed by atoms with Crippen LogP contribution in [0.25, 0.3) is 5.69 Å². The van der Waals surface area contributed by atoms with Gasteiger partial charge in [0.2, 0.25) is 0 Å². The van der Waals surface area contributed by atoms with E-state index in [-0.39, 0.29) is 0 Å². The largest absolute Gasteiger partial charge is 0.358 e. The molecular weight excluding hydrogens is 334 g/mol. The molecule has 0 unspecified atom stereocenters. The van der Waals surface area contributed by atoms with E-state index in [1.807, 2.05) is 66.2 Å². The van der Waals surface area contributed by atoms with Crippen LogP contribution in [0.5, 0.6) is 0 Å². The summed E-state index contributed by atoms with van der Waals surface area (Å²) in [6.07, 6.45) is 1.85. The van der Waals surface area contributed by atoms with Crippen LogP contribution in [0.4, 0.5) is 5.69 Å². The lowest BCUT2D eigenvalue weighted by atomic mass is 10.2. The quantitative estimate of drug-likeness (QED) is 0.525. The van der Waals surface area contributed by atoms with Gasteiger partial charge in [0.1, 0.15) is 0 Å². The summed E-state index contributed by atoms with van der Waals surface area (Å²) in [5.41, 5.74) is 5.62. The molecule has 3 N–H and O–H groups in total. The molecule has 0 radical (unpaired) electrons. The Bertz CT molecular complexity index is 910. The fraction of sp³-hybridized carbons (Fsp3) is 0.182. The van der Waals surface area contributed by atoms with Crippen LogP contribution in [0.2, 0.25) is 0 Å². The standard InChI is InChI=1S/C22H25N5/c1-17(23)13-20(25-19-9-5-3-6-10-19)15-24-16-22-14-18(2)26-27(22)21-11-7-4-8-12-21/h3-14,23-25H,15-16H2,1-2H3/b20-13-,23-17?. The average molecular weight is 359 g/mol. The minimum Gasteiger partial charge on any atom is -0.358 e. The number of para-hydroxylation sites is 2. The monoisotopic (exact) mass is 359 g/mol. The highest BCUT2D eigenvalue weighted by molar-refractivity contribution is 5.91. The van der Waals surface area contributed by atoms with Crippen LogP contribution >= 0.6 is 0 Å². The Morgan fingerprint density at radius 3 is 2.41 bits per heavy atom. The molecule has 0 spiro atoms. The molecule has 5 heteroatoms. The third kappa shape index (κ3) is 5.39. The first-order valence-electron chi connectivity index (χ1n) is 9.01. The van der Waals surface area contributed by atoms with Crippen molar-refractivity contribution in [3.05, 3.63) is 89.9 Å². The summed E-state index contributed by atoms with van der Waals surface area (Å²) in [6, 6.07) is 22.2. The molecule has 0 saturated carbocycles. The van der Waals surface area contributed by atoms with Gasteiger partial charge < -0.3 is 16.0 Å². The van der Waals surface area contributed by atoms with E-state index in [4.69, 9.17) is 5.41 Å². The summed E-state index contributed by atoms with van der Waals surface area (Å²) in [4.78, 5) is 0. The van der Waals surface area contributed by atoms with Gasteiger partial charge in [0.25, 0.3) is 0 Å². The number of anilines is 1. The van der Waals surface area contributed by atoms with Gasteiger partial charge in [0.05, 0.1) is 17.1 Å². The molecule has 3 aromatic rings. The van der Waals surface area contributed by atoms with Crippen molar-refractivity contribution in [3.8, 4) is 5.69 Å². The van der Waals surface area contributed by atoms with E-state index in [2.05, 4.69) is 33.9 Å². The molecule has 0 atom stereocenters. The van der Waals surface area contributed by atoms with Gasteiger partial charge in [-0.2, -0.15) is 5.10 Å². The lowest BCUT2D eigenvalue weighted by molar-refractivity contribution is 0.687. The SMILES string of the molecule is CC(=N)/C=C(/CNCc1cc(C)nn1-c1ccccc1)Nc1ccccc1. The number of aromatic nitrogens is 2. The smallest absolute Gasteiger partial charge is 0.0649 e. The maximum atomic E-state index is 7.78. The highest BCUT2D eigenvalue weighted by Crippen LogP contribution is 2.13. The fourth-order valence-electron chi connectivity index (χ4n) is 2.90. The summed E-state index contributed by atoms with van der Waals surface area (Å²) in [7, 11) is 0. The second kappa shape index (κ2) is 8.96. The molecule has 5 nitrogen and oxygen atoms in total. The highest BCUT2D eigenvalue weighted by Gasteiger charge is 2.08. The second-order valence-corrected chi connectivity index (χ2v) is 6.47. The van der Waals surface area contributed by atoms with E-state index in [0.29, 0.717) is 18.8 Å². The molecule has 138 valence electrons. The van der Waals surface area contributed by atoms with Crippen LogP contribution in [-0.4, -0.2) is 22.0 Å². The van der Waals surface area contributed by atoms with E-state index < -0.39 is 0 Å². The molecule has 0 aliphatic rings. The number of hydrogen-bond donors (Lipinski definition) is 3. The summed E-state index contributed by atoms with van der Waals surface area (Å²) >= 11 is 0. The zero-order valence-corrected chi connectivity index (χ0v) is 15.7. The molecule has 0 saturated heterocycles. The average Bonchev–Trinajstić information content (AvgIpc) is 3.03. The number of benzene rings is 2. The normalized spacial score (nSPS) is 11.4.